The van der Waals surface area contributed by atoms with Gasteiger partial charge in [-0.2, -0.15) is 10.2 Å². The Morgan fingerprint density at radius 1 is 1.13 bits per heavy atom. The molecule has 0 bridgehead atoms. The third-order valence-electron chi connectivity index (χ3n) is 2.99. The molecular formula is C16H13N3O4. The third-order valence-corrected chi connectivity index (χ3v) is 2.99. The number of nitro benzene ring substituents is 1. The summed E-state index contributed by atoms with van der Waals surface area (Å²) in [6.45, 7) is 5.36. The highest BCUT2D eigenvalue weighted by Crippen LogP contribution is 2.25. The molecule has 2 aromatic carbocycles. The van der Waals surface area contributed by atoms with Gasteiger partial charge in [0.1, 0.15) is 0 Å². The highest BCUT2D eigenvalue weighted by Gasteiger charge is 2.06. The Morgan fingerprint density at radius 3 is 2.26 bits per heavy atom. The Labute approximate surface area is 131 Å². The summed E-state index contributed by atoms with van der Waals surface area (Å²) in [5.41, 5.74) is 0.991. The van der Waals surface area contributed by atoms with Gasteiger partial charge in [-0.15, -0.1) is 0 Å². The van der Waals surface area contributed by atoms with Crippen molar-refractivity contribution < 1.29 is 10.0 Å². The second-order valence-corrected chi connectivity index (χ2v) is 4.78. The molecule has 0 radical (unpaired) electrons. The maximum atomic E-state index is 11.6. The number of nitro groups is 1. The van der Waals surface area contributed by atoms with Crippen LogP contribution in [0.3, 0.4) is 0 Å². The summed E-state index contributed by atoms with van der Waals surface area (Å²) in [4.78, 5) is 21.7. The minimum Gasteiger partial charge on any atom is -0.504 e. The van der Waals surface area contributed by atoms with Gasteiger partial charge >= 0.3 is 0 Å². The molecular weight excluding hydrogens is 298 g/mol. The van der Waals surface area contributed by atoms with Crippen molar-refractivity contribution in [3.8, 4) is 5.75 Å². The van der Waals surface area contributed by atoms with Crippen molar-refractivity contribution >= 4 is 22.6 Å². The van der Waals surface area contributed by atoms with Crippen LogP contribution in [0.2, 0.25) is 0 Å². The molecule has 0 aliphatic rings. The molecule has 1 N–H and O–H groups in total. The molecule has 0 fully saturated rings. The van der Waals surface area contributed by atoms with Gasteiger partial charge in [-0.1, -0.05) is 6.58 Å². The minimum atomic E-state index is -0.542. The van der Waals surface area contributed by atoms with Crippen molar-refractivity contribution in [1.82, 2.24) is 0 Å². The molecule has 0 spiro atoms. The molecule has 0 aliphatic heterocycles. The molecule has 116 valence electrons. The number of aromatic hydroxyl groups is 1. The number of hydrogen-bond acceptors (Lipinski definition) is 6. The number of hydrogen-bond donors (Lipinski definition) is 1. The summed E-state index contributed by atoms with van der Waals surface area (Å²) in [6.07, 6.45) is 0. The lowest BCUT2D eigenvalue weighted by Crippen LogP contribution is -1.95. The Hall–Kier alpha value is -3.35. The van der Waals surface area contributed by atoms with E-state index in [9.17, 15) is 20.0 Å². The van der Waals surface area contributed by atoms with Crippen LogP contribution in [-0.2, 0) is 0 Å². The van der Waals surface area contributed by atoms with E-state index < -0.39 is 16.1 Å². The number of benzene rings is 1. The zero-order valence-electron chi connectivity index (χ0n) is 12.3. The van der Waals surface area contributed by atoms with E-state index in [4.69, 9.17) is 0 Å². The predicted octanol–water partition coefficient (Wildman–Crippen LogP) is 4.11. The molecule has 7 nitrogen and oxygen atoms in total. The highest BCUT2D eigenvalue weighted by molar-refractivity contribution is 5.68. The van der Waals surface area contributed by atoms with Crippen molar-refractivity contribution in [2.24, 2.45) is 10.2 Å². The summed E-state index contributed by atoms with van der Waals surface area (Å²) in [5.74, 6) is -0.394. The minimum absolute atomic E-state index is 0.0412. The van der Waals surface area contributed by atoms with Gasteiger partial charge in [0.15, 0.2) is 5.75 Å². The number of allylic oxidation sites excluding steroid dienone is 1. The number of rotatable bonds is 4. The molecule has 0 amide bonds. The lowest BCUT2D eigenvalue weighted by Gasteiger charge is -1.98. The highest BCUT2D eigenvalue weighted by atomic mass is 16.6. The van der Waals surface area contributed by atoms with E-state index >= 15 is 0 Å². The average Bonchev–Trinajstić information content (AvgIpc) is 2.66. The molecule has 23 heavy (non-hydrogen) atoms. The summed E-state index contributed by atoms with van der Waals surface area (Å²) < 4.78 is 0. The molecule has 7 heteroatoms. The zero-order valence-corrected chi connectivity index (χ0v) is 12.3. The van der Waals surface area contributed by atoms with Crippen molar-refractivity contribution in [3.63, 3.8) is 0 Å². The quantitative estimate of drug-likeness (QED) is 0.521. The fourth-order valence-corrected chi connectivity index (χ4v) is 1.78. The topological polar surface area (TPSA) is 105 Å². The van der Waals surface area contributed by atoms with Crippen LogP contribution < -0.4 is 5.43 Å². The number of non-ortho nitro benzene ring substituents is 1. The van der Waals surface area contributed by atoms with E-state index in [-0.39, 0.29) is 11.3 Å². The molecule has 0 aliphatic carbocycles. The van der Waals surface area contributed by atoms with Gasteiger partial charge in [0.2, 0.25) is 5.43 Å². The third kappa shape index (κ3) is 3.85. The van der Waals surface area contributed by atoms with Gasteiger partial charge in [-0.05, 0) is 42.8 Å². The molecule has 2 aromatic rings. The van der Waals surface area contributed by atoms with E-state index in [1.807, 2.05) is 0 Å². The first-order valence-electron chi connectivity index (χ1n) is 6.58. The van der Waals surface area contributed by atoms with Crippen LogP contribution in [0.1, 0.15) is 12.5 Å². The lowest BCUT2D eigenvalue weighted by molar-refractivity contribution is -0.384. The van der Waals surface area contributed by atoms with E-state index in [1.165, 1.54) is 42.5 Å². The summed E-state index contributed by atoms with van der Waals surface area (Å²) in [5, 5.41) is 28.3. The largest absolute Gasteiger partial charge is 0.504 e. The molecule has 0 aromatic heterocycles. The van der Waals surface area contributed by atoms with Gasteiger partial charge in [-0.25, -0.2) is 0 Å². The fourth-order valence-electron chi connectivity index (χ4n) is 1.78. The SMILES string of the molecule is C=C(C)c1cc(N=Nc2ccc([N+](=O)[O-])cc2)ccc(=O)c1O. The van der Waals surface area contributed by atoms with Crippen LogP contribution >= 0.6 is 0 Å². The van der Waals surface area contributed by atoms with Crippen molar-refractivity contribution in [1.29, 1.82) is 0 Å². The molecule has 0 atom stereocenters. The van der Waals surface area contributed by atoms with E-state index in [0.717, 1.165) is 0 Å². The summed E-state index contributed by atoms with van der Waals surface area (Å²) >= 11 is 0. The van der Waals surface area contributed by atoms with Gasteiger partial charge < -0.3 is 5.11 Å². The van der Waals surface area contributed by atoms with Crippen LogP contribution in [0.5, 0.6) is 5.75 Å². The Balaban J connectivity index is 2.38. The summed E-state index contributed by atoms with van der Waals surface area (Å²) in [7, 11) is 0. The van der Waals surface area contributed by atoms with Crippen molar-refractivity contribution in [2.45, 2.75) is 6.92 Å². The molecule has 2 rings (SSSR count). The average molecular weight is 311 g/mol. The van der Waals surface area contributed by atoms with Crippen LogP contribution in [-0.4, -0.2) is 10.0 Å². The smallest absolute Gasteiger partial charge is 0.269 e. The fraction of sp³-hybridized carbons (Fsp3) is 0.0625. The standard InChI is InChI=1S/C16H13N3O4/c1-10(2)14-9-12(5-8-15(20)16(14)21)18-17-11-3-6-13(7-4-11)19(22)23/h3-9H,1H2,2H3,(H,20,21). The molecule has 0 unspecified atom stereocenters. The molecule has 0 saturated heterocycles. The maximum Gasteiger partial charge on any atom is 0.269 e. The first-order valence-corrected chi connectivity index (χ1v) is 6.58. The van der Waals surface area contributed by atoms with Crippen LogP contribution in [0.25, 0.3) is 5.57 Å². The van der Waals surface area contributed by atoms with Crippen LogP contribution in [0, 0.1) is 10.1 Å². The van der Waals surface area contributed by atoms with Gasteiger partial charge in [0.05, 0.1) is 16.3 Å². The van der Waals surface area contributed by atoms with Gasteiger partial charge in [0.25, 0.3) is 5.69 Å². The Kier molecular flexibility index (Phi) is 4.61. The normalized spacial score (nSPS) is 10.7. The second-order valence-electron chi connectivity index (χ2n) is 4.78. The molecule has 0 heterocycles. The second kappa shape index (κ2) is 6.61. The monoisotopic (exact) mass is 311 g/mol. The van der Waals surface area contributed by atoms with E-state index in [2.05, 4.69) is 16.8 Å². The summed E-state index contributed by atoms with van der Waals surface area (Å²) in [6, 6.07) is 9.66. The van der Waals surface area contributed by atoms with E-state index in [1.54, 1.807) is 6.92 Å². The number of nitrogens with zero attached hydrogens (tertiary/aromatic N) is 3. The first kappa shape index (κ1) is 16.0. The maximum absolute atomic E-state index is 11.6. The lowest BCUT2D eigenvalue weighted by atomic mass is 10.1. The van der Waals surface area contributed by atoms with Crippen molar-refractivity contribution in [2.75, 3.05) is 0 Å². The number of azo groups is 1. The first-order chi connectivity index (χ1) is 10.9. The van der Waals surface area contributed by atoms with E-state index in [0.29, 0.717) is 16.9 Å². The predicted molar refractivity (Wildman–Crippen MR) is 86.4 cm³/mol. The van der Waals surface area contributed by atoms with Gasteiger partial charge in [-0.3, -0.25) is 14.9 Å². The van der Waals surface area contributed by atoms with Crippen LogP contribution in [0.4, 0.5) is 17.1 Å². The Bertz CT molecular complexity index is 858. The van der Waals surface area contributed by atoms with Crippen molar-refractivity contribution in [3.05, 3.63) is 74.9 Å². The zero-order chi connectivity index (χ0) is 17.0. The van der Waals surface area contributed by atoms with Gasteiger partial charge in [0, 0.05) is 17.7 Å². The Morgan fingerprint density at radius 2 is 1.70 bits per heavy atom. The van der Waals surface area contributed by atoms with Crippen LogP contribution in [0.15, 0.2) is 64.1 Å². The molecule has 0 saturated carbocycles.